The summed E-state index contributed by atoms with van der Waals surface area (Å²) in [7, 11) is 1.44. The summed E-state index contributed by atoms with van der Waals surface area (Å²) in [6, 6.07) is 2.22. The molecule has 0 radical (unpaired) electrons. The third-order valence-electron chi connectivity index (χ3n) is 6.98. The molecule has 4 fully saturated rings. The number of rotatable bonds is 7. The highest BCUT2D eigenvalue weighted by atomic mass is 19.4. The zero-order valence-electron chi connectivity index (χ0n) is 19.5. The number of alkyl halides is 4. The minimum Gasteiger partial charge on any atom is -0.441 e. The average Bonchev–Trinajstić information content (AvgIpc) is 3.49. The molecule has 0 unspecified atom stereocenters. The Bertz CT molecular complexity index is 1330. The summed E-state index contributed by atoms with van der Waals surface area (Å²) in [5, 5.41) is 12.2. The number of aromatic nitrogens is 5. The number of H-pyrrole nitrogens is 1. The predicted octanol–water partition coefficient (Wildman–Crippen LogP) is 3.42. The Kier molecular flexibility index (Phi) is 5.52. The summed E-state index contributed by atoms with van der Waals surface area (Å²) >= 11 is 0. The standard InChI is InChI=1S/C22H23F4N7O4/c1-35-8-11-7-33-16(27-11)3-14(22(24,25)26)28-19(33)29-15-2-12(31-32-15)18-17(23)13(9-36-18)37-20(34)30-21-4-10(5-21)6-21/h2-3,7,10,13,17-18H,4-6,8-9H2,1H3,(H,30,34)(H2,28,29,31,32)/t10?,13-,17-,18-,21?/m1/s1. The van der Waals surface area contributed by atoms with E-state index in [1.165, 1.54) is 23.8 Å². The van der Waals surface area contributed by atoms with Gasteiger partial charge in [-0.3, -0.25) is 9.50 Å². The maximum atomic E-state index is 15.1. The number of carbonyl (C=O) groups excluding carboxylic acids is 1. The minimum atomic E-state index is -4.71. The highest BCUT2D eigenvalue weighted by Gasteiger charge is 2.58. The SMILES string of the molecule is COCc1cn2c(Nc3cc([C@H]4OC[C@@H](OC(=O)NC56CC(C5)C6)[C@H]4F)[nH]n3)nc(C(F)(F)F)cc2n1. The van der Waals surface area contributed by atoms with Crippen LogP contribution >= 0.6 is 0 Å². The van der Waals surface area contributed by atoms with E-state index in [1.54, 1.807) is 0 Å². The molecular weight excluding hydrogens is 502 g/mol. The lowest BCUT2D eigenvalue weighted by molar-refractivity contribution is -0.141. The molecule has 3 aromatic rings. The van der Waals surface area contributed by atoms with E-state index in [1.807, 2.05) is 0 Å². The number of ether oxygens (including phenoxy) is 3. The molecule has 3 N–H and O–H groups in total. The van der Waals surface area contributed by atoms with Crippen LogP contribution in [0.25, 0.3) is 5.65 Å². The second-order valence-corrected chi connectivity index (χ2v) is 9.72. The van der Waals surface area contributed by atoms with Gasteiger partial charge in [-0.15, -0.1) is 0 Å². The number of fused-ring (bicyclic) bond motifs is 1. The van der Waals surface area contributed by atoms with Crippen molar-refractivity contribution in [2.45, 2.75) is 56.0 Å². The summed E-state index contributed by atoms with van der Waals surface area (Å²) in [5.41, 5.74) is -0.715. The van der Waals surface area contributed by atoms with E-state index in [0.717, 1.165) is 25.3 Å². The minimum absolute atomic E-state index is 0.00714. The molecule has 4 aliphatic rings. The number of carbonyl (C=O) groups is 1. The molecule has 3 aromatic heterocycles. The molecule has 3 saturated carbocycles. The number of alkyl carbamates (subject to hydrolysis) is 1. The fraction of sp³-hybridized carbons (Fsp3) is 0.545. The van der Waals surface area contributed by atoms with E-state index in [2.05, 4.69) is 30.8 Å². The fourth-order valence-electron chi connectivity index (χ4n) is 5.10. The van der Waals surface area contributed by atoms with Crippen LogP contribution in [0.3, 0.4) is 0 Å². The zero-order chi connectivity index (χ0) is 25.9. The number of halogens is 4. The van der Waals surface area contributed by atoms with E-state index in [4.69, 9.17) is 14.2 Å². The number of imidazole rings is 1. The van der Waals surface area contributed by atoms with Gasteiger partial charge in [0.2, 0.25) is 5.95 Å². The Labute approximate surface area is 206 Å². The van der Waals surface area contributed by atoms with Crippen LogP contribution in [0.4, 0.5) is 34.1 Å². The Morgan fingerprint density at radius 3 is 2.76 bits per heavy atom. The molecule has 11 nitrogen and oxygen atoms in total. The molecule has 0 aromatic carbocycles. The zero-order valence-corrected chi connectivity index (χ0v) is 19.5. The van der Waals surface area contributed by atoms with Gasteiger partial charge in [-0.25, -0.2) is 19.2 Å². The lowest BCUT2D eigenvalue weighted by Gasteiger charge is -2.61. The third-order valence-corrected chi connectivity index (χ3v) is 6.98. The van der Waals surface area contributed by atoms with Gasteiger partial charge in [-0.05, 0) is 25.2 Å². The van der Waals surface area contributed by atoms with Crippen LogP contribution in [0.2, 0.25) is 0 Å². The van der Waals surface area contributed by atoms with Gasteiger partial charge in [0.15, 0.2) is 23.8 Å². The van der Waals surface area contributed by atoms with Crippen LogP contribution in [0.1, 0.15) is 42.4 Å². The molecule has 37 heavy (non-hydrogen) atoms. The number of aromatic amines is 1. The van der Waals surface area contributed by atoms with E-state index in [0.29, 0.717) is 11.6 Å². The van der Waals surface area contributed by atoms with Crippen molar-refractivity contribution in [3.05, 3.63) is 35.4 Å². The molecule has 1 saturated heterocycles. The first kappa shape index (κ1) is 23.9. The van der Waals surface area contributed by atoms with Crippen LogP contribution in [-0.2, 0) is 27.0 Å². The third kappa shape index (κ3) is 4.35. The average molecular weight is 525 g/mol. The second-order valence-electron chi connectivity index (χ2n) is 9.72. The van der Waals surface area contributed by atoms with Crippen LogP contribution in [-0.4, -0.2) is 62.2 Å². The van der Waals surface area contributed by atoms with Crippen molar-refractivity contribution in [1.82, 2.24) is 29.9 Å². The number of hydrogen-bond acceptors (Lipinski definition) is 8. The molecule has 198 valence electrons. The van der Waals surface area contributed by atoms with E-state index < -0.39 is 36.3 Å². The largest absolute Gasteiger partial charge is 0.441 e. The first-order valence-corrected chi connectivity index (χ1v) is 11.6. The molecule has 3 atom stereocenters. The monoisotopic (exact) mass is 525 g/mol. The Hall–Kier alpha value is -3.46. The lowest BCUT2D eigenvalue weighted by Crippen LogP contribution is -2.68. The van der Waals surface area contributed by atoms with Gasteiger partial charge >= 0.3 is 12.3 Å². The smallest absolute Gasteiger partial charge is 0.433 e. The summed E-state index contributed by atoms with van der Waals surface area (Å²) in [5.74, 6) is 0.542. The number of nitrogens with zero attached hydrogens (tertiary/aromatic N) is 4. The molecule has 15 heteroatoms. The van der Waals surface area contributed by atoms with Crippen molar-refractivity contribution < 1.29 is 36.6 Å². The summed E-state index contributed by atoms with van der Waals surface area (Å²) < 4.78 is 72.4. The highest BCUT2D eigenvalue weighted by molar-refractivity contribution is 5.69. The van der Waals surface area contributed by atoms with Gasteiger partial charge in [0.1, 0.15) is 11.8 Å². The van der Waals surface area contributed by atoms with Gasteiger partial charge in [0, 0.05) is 31.0 Å². The predicted molar refractivity (Wildman–Crippen MR) is 118 cm³/mol. The van der Waals surface area contributed by atoms with Gasteiger partial charge in [-0.2, -0.15) is 18.3 Å². The highest BCUT2D eigenvalue weighted by Crippen LogP contribution is 2.57. The van der Waals surface area contributed by atoms with Crippen molar-refractivity contribution >= 4 is 23.5 Å². The molecule has 0 spiro atoms. The van der Waals surface area contributed by atoms with Crippen molar-refractivity contribution in [2.24, 2.45) is 5.92 Å². The lowest BCUT2D eigenvalue weighted by atomic mass is 9.50. The normalized spacial score (nSPS) is 28.6. The molecule has 3 aliphatic carbocycles. The van der Waals surface area contributed by atoms with Crippen LogP contribution in [0.5, 0.6) is 0 Å². The Morgan fingerprint density at radius 1 is 1.30 bits per heavy atom. The van der Waals surface area contributed by atoms with Crippen molar-refractivity contribution in [1.29, 1.82) is 0 Å². The van der Waals surface area contributed by atoms with E-state index in [9.17, 15) is 18.0 Å². The van der Waals surface area contributed by atoms with E-state index >= 15 is 4.39 Å². The second kappa shape index (κ2) is 8.55. The summed E-state index contributed by atoms with van der Waals surface area (Å²) in [6.45, 7) is -0.0571. The van der Waals surface area contributed by atoms with E-state index in [-0.39, 0.29) is 41.9 Å². The number of nitrogens with one attached hydrogen (secondary N) is 3. The molecule has 7 rings (SSSR count). The van der Waals surface area contributed by atoms with Crippen molar-refractivity contribution in [2.75, 3.05) is 19.0 Å². The van der Waals surface area contributed by atoms with Crippen LogP contribution < -0.4 is 10.6 Å². The maximum Gasteiger partial charge on any atom is 0.433 e. The topological polar surface area (TPSA) is 128 Å². The van der Waals surface area contributed by atoms with Gasteiger partial charge in [-0.1, -0.05) is 0 Å². The molecule has 1 aliphatic heterocycles. The molecule has 2 bridgehead atoms. The van der Waals surface area contributed by atoms with Gasteiger partial charge < -0.3 is 24.8 Å². The van der Waals surface area contributed by atoms with Crippen molar-refractivity contribution in [3.63, 3.8) is 0 Å². The summed E-state index contributed by atoms with van der Waals surface area (Å²) in [6.07, 6.45) is -5.00. The molecular formula is C22H23F4N7O4. The quantitative estimate of drug-likeness (QED) is 0.401. The van der Waals surface area contributed by atoms with Gasteiger partial charge in [0.05, 0.1) is 24.6 Å². The maximum absolute atomic E-state index is 15.1. The number of hydrogen-bond donors (Lipinski definition) is 3. The van der Waals surface area contributed by atoms with Gasteiger partial charge in [0.25, 0.3) is 0 Å². The molecule has 1 amide bonds. The number of anilines is 2. The number of amides is 1. The first-order chi connectivity index (χ1) is 17.6. The number of methoxy groups -OCH3 is 1. The van der Waals surface area contributed by atoms with Crippen LogP contribution in [0.15, 0.2) is 18.3 Å². The summed E-state index contributed by atoms with van der Waals surface area (Å²) in [4.78, 5) is 20.0. The Balaban J connectivity index is 1.16. The van der Waals surface area contributed by atoms with Crippen molar-refractivity contribution in [3.8, 4) is 0 Å². The first-order valence-electron chi connectivity index (χ1n) is 11.6. The fourth-order valence-corrected chi connectivity index (χ4v) is 5.10. The Morgan fingerprint density at radius 2 is 2.08 bits per heavy atom. The van der Waals surface area contributed by atoms with Crippen LogP contribution in [0, 0.1) is 5.92 Å². The molecule has 4 heterocycles.